The molecule has 0 bridgehead atoms. The molecule has 164 valence electrons. The molecule has 0 saturated heterocycles. The van der Waals surface area contributed by atoms with E-state index in [1.54, 1.807) is 36.4 Å². The lowest BCUT2D eigenvalue weighted by Gasteiger charge is -2.12. The predicted molar refractivity (Wildman–Crippen MR) is 131 cm³/mol. The molecule has 1 aromatic heterocycles. The van der Waals surface area contributed by atoms with Crippen molar-refractivity contribution in [1.29, 1.82) is 5.26 Å². The second-order valence-corrected chi connectivity index (χ2v) is 7.59. The van der Waals surface area contributed by atoms with Gasteiger partial charge in [-0.1, -0.05) is 60.7 Å². The van der Waals surface area contributed by atoms with E-state index in [0.29, 0.717) is 27.8 Å². The Morgan fingerprint density at radius 1 is 0.912 bits per heavy atom. The van der Waals surface area contributed by atoms with Crippen LogP contribution in [0.5, 0.6) is 5.75 Å². The lowest BCUT2D eigenvalue weighted by Crippen LogP contribution is -2.32. The monoisotopic (exact) mass is 446 g/mol. The summed E-state index contributed by atoms with van der Waals surface area (Å²) >= 11 is 0. The van der Waals surface area contributed by atoms with Crippen molar-refractivity contribution in [3.05, 3.63) is 122 Å². The van der Waals surface area contributed by atoms with E-state index >= 15 is 0 Å². The van der Waals surface area contributed by atoms with Crippen LogP contribution in [0, 0.1) is 11.3 Å². The Balaban J connectivity index is 1.60. The number of nitrogens with one attached hydrogen (secondary N) is 1. The van der Waals surface area contributed by atoms with Gasteiger partial charge in [0.15, 0.2) is 0 Å². The van der Waals surface area contributed by atoms with Crippen molar-refractivity contribution in [2.24, 2.45) is 5.10 Å². The van der Waals surface area contributed by atoms with Gasteiger partial charge in [-0.05, 0) is 35.0 Å². The Labute approximate surface area is 193 Å². The number of benzene rings is 4. The van der Waals surface area contributed by atoms with E-state index in [1.165, 1.54) is 6.21 Å². The summed E-state index contributed by atoms with van der Waals surface area (Å²) in [5.41, 5.74) is 1.21. The van der Waals surface area contributed by atoms with Gasteiger partial charge >= 0.3 is 5.69 Å². The van der Waals surface area contributed by atoms with Gasteiger partial charge in [-0.3, -0.25) is 4.79 Å². The van der Waals surface area contributed by atoms with Crippen LogP contribution >= 0.6 is 0 Å². The van der Waals surface area contributed by atoms with Crippen molar-refractivity contribution >= 4 is 27.9 Å². The van der Waals surface area contributed by atoms with E-state index in [-0.39, 0.29) is 6.61 Å². The number of H-pyrrole nitrogens is 1. The number of nitrogens with zero attached hydrogens (tertiary/aromatic N) is 3. The number of para-hydroxylation sites is 1. The molecule has 0 radical (unpaired) electrons. The molecule has 34 heavy (non-hydrogen) atoms. The molecule has 7 heteroatoms. The van der Waals surface area contributed by atoms with Crippen LogP contribution in [0.2, 0.25) is 0 Å². The van der Waals surface area contributed by atoms with Gasteiger partial charge < -0.3 is 9.72 Å². The topological polar surface area (TPSA) is 100 Å². The summed E-state index contributed by atoms with van der Waals surface area (Å²) in [6.45, 7) is 0.180. The molecule has 0 amide bonds. The zero-order valence-electron chi connectivity index (χ0n) is 17.9. The van der Waals surface area contributed by atoms with Gasteiger partial charge in [-0.25, -0.2) is 4.79 Å². The van der Waals surface area contributed by atoms with E-state index < -0.39 is 11.2 Å². The van der Waals surface area contributed by atoms with Gasteiger partial charge in [0.1, 0.15) is 12.4 Å². The highest BCUT2D eigenvalue weighted by Crippen LogP contribution is 2.27. The van der Waals surface area contributed by atoms with Gasteiger partial charge in [0, 0.05) is 11.1 Å². The average molecular weight is 446 g/mol. The summed E-state index contributed by atoms with van der Waals surface area (Å²) in [5.74, 6) is 0.514. The van der Waals surface area contributed by atoms with Crippen molar-refractivity contribution in [2.75, 3.05) is 0 Å². The predicted octanol–water partition coefficient (Wildman–Crippen LogP) is 4.18. The first-order valence-corrected chi connectivity index (χ1v) is 10.6. The molecule has 4 aromatic carbocycles. The summed E-state index contributed by atoms with van der Waals surface area (Å²) in [5, 5.41) is 15.8. The van der Waals surface area contributed by atoms with Gasteiger partial charge in [-0.15, -0.1) is 4.68 Å². The molecule has 7 nitrogen and oxygen atoms in total. The van der Waals surface area contributed by atoms with Crippen molar-refractivity contribution in [3.63, 3.8) is 0 Å². The zero-order chi connectivity index (χ0) is 23.5. The first-order chi connectivity index (χ1) is 16.7. The highest BCUT2D eigenvalue weighted by molar-refractivity contribution is 6.02. The van der Waals surface area contributed by atoms with E-state index in [1.807, 2.05) is 48.5 Å². The minimum Gasteiger partial charge on any atom is -0.488 e. The Hall–Kier alpha value is -4.96. The molecule has 5 aromatic rings. The van der Waals surface area contributed by atoms with Crippen molar-refractivity contribution < 1.29 is 4.74 Å². The third kappa shape index (κ3) is 3.85. The molecular formula is C27H18N4O3. The number of fused-ring (bicyclic) bond motifs is 2. The largest absolute Gasteiger partial charge is 0.488 e. The second-order valence-electron chi connectivity index (χ2n) is 7.59. The molecule has 1 N–H and O–H groups in total. The number of aromatic amines is 1. The summed E-state index contributed by atoms with van der Waals surface area (Å²) in [7, 11) is 0. The Morgan fingerprint density at radius 2 is 1.65 bits per heavy atom. The lowest BCUT2D eigenvalue weighted by molar-refractivity contribution is 0.306. The minimum atomic E-state index is -0.634. The maximum absolute atomic E-state index is 12.9. The van der Waals surface area contributed by atoms with E-state index in [2.05, 4.69) is 16.2 Å². The summed E-state index contributed by atoms with van der Waals surface area (Å²) in [6.07, 6.45) is 1.46. The van der Waals surface area contributed by atoms with E-state index in [9.17, 15) is 14.9 Å². The molecule has 1 heterocycles. The van der Waals surface area contributed by atoms with Crippen molar-refractivity contribution in [2.45, 2.75) is 6.61 Å². The lowest BCUT2D eigenvalue weighted by atomic mass is 10.0. The van der Waals surface area contributed by atoms with E-state index in [4.69, 9.17) is 4.74 Å². The average Bonchev–Trinajstić information content (AvgIpc) is 2.87. The maximum atomic E-state index is 12.9. The fraction of sp³-hybridized carbons (Fsp3) is 0.0370. The van der Waals surface area contributed by atoms with Gasteiger partial charge in [-0.2, -0.15) is 10.4 Å². The van der Waals surface area contributed by atoms with Crippen molar-refractivity contribution in [1.82, 2.24) is 9.66 Å². The van der Waals surface area contributed by atoms with Crippen LogP contribution in [0.4, 0.5) is 0 Å². The smallest absolute Gasteiger partial charge is 0.349 e. The second kappa shape index (κ2) is 8.88. The fourth-order valence-electron chi connectivity index (χ4n) is 3.82. The standard InChI is InChI=1S/C27H18N4O3/c28-15-19-8-1-2-9-20(19)17-34-25-14-13-18-7-3-4-10-21(18)23(25)16-29-31-26(32)22-11-5-6-12-24(22)30-27(31)33/h1-14,16H,17H2,(H,30,33). The quantitative estimate of drug-likeness (QED) is 0.410. The van der Waals surface area contributed by atoms with Crippen molar-refractivity contribution in [3.8, 4) is 11.8 Å². The van der Waals surface area contributed by atoms with Crippen LogP contribution in [0.3, 0.4) is 0 Å². The Morgan fingerprint density at radius 3 is 2.50 bits per heavy atom. The van der Waals surface area contributed by atoms with Crippen LogP contribution in [0.25, 0.3) is 21.7 Å². The summed E-state index contributed by atoms with van der Waals surface area (Å²) < 4.78 is 6.88. The third-order valence-electron chi connectivity index (χ3n) is 5.54. The number of nitriles is 1. The first kappa shape index (κ1) is 20.9. The maximum Gasteiger partial charge on any atom is 0.349 e. The Kier molecular flexibility index (Phi) is 5.46. The molecule has 0 unspecified atom stereocenters. The molecule has 0 aliphatic heterocycles. The normalized spacial score (nSPS) is 11.1. The van der Waals surface area contributed by atoms with Crippen LogP contribution in [-0.4, -0.2) is 15.9 Å². The highest BCUT2D eigenvalue weighted by Gasteiger charge is 2.11. The number of rotatable bonds is 5. The number of hydrogen-bond acceptors (Lipinski definition) is 5. The van der Waals surface area contributed by atoms with Crippen LogP contribution < -0.4 is 16.0 Å². The Bertz CT molecular complexity index is 1720. The van der Waals surface area contributed by atoms with Gasteiger partial charge in [0.2, 0.25) is 0 Å². The number of aromatic nitrogens is 2. The highest BCUT2D eigenvalue weighted by atomic mass is 16.5. The third-order valence-corrected chi connectivity index (χ3v) is 5.54. The summed E-state index contributed by atoms with van der Waals surface area (Å²) in [6, 6.07) is 27.6. The van der Waals surface area contributed by atoms with Crippen LogP contribution in [-0.2, 0) is 6.61 Å². The minimum absolute atomic E-state index is 0.180. The molecule has 0 fully saturated rings. The molecule has 0 saturated carbocycles. The molecule has 0 atom stereocenters. The van der Waals surface area contributed by atoms with Crippen LogP contribution in [0.1, 0.15) is 16.7 Å². The van der Waals surface area contributed by atoms with Crippen LogP contribution in [0.15, 0.2) is 99.6 Å². The fourth-order valence-corrected chi connectivity index (χ4v) is 3.82. The molecule has 5 rings (SSSR count). The number of hydrogen-bond donors (Lipinski definition) is 1. The first-order valence-electron chi connectivity index (χ1n) is 10.6. The molecule has 0 spiro atoms. The van der Waals surface area contributed by atoms with E-state index in [0.717, 1.165) is 21.0 Å². The zero-order valence-corrected chi connectivity index (χ0v) is 17.9. The SMILES string of the molecule is N#Cc1ccccc1COc1ccc2ccccc2c1C=Nn1c(=O)[nH]c2ccccc2c1=O. The van der Waals surface area contributed by atoms with Gasteiger partial charge in [0.05, 0.1) is 28.8 Å². The summed E-state index contributed by atoms with van der Waals surface area (Å²) in [4.78, 5) is 28.1. The van der Waals surface area contributed by atoms with Gasteiger partial charge in [0.25, 0.3) is 5.56 Å². The molecule has 0 aliphatic rings. The molecule has 0 aliphatic carbocycles. The molecular weight excluding hydrogens is 428 g/mol. The number of ether oxygens (including phenoxy) is 1.